The summed E-state index contributed by atoms with van der Waals surface area (Å²) in [6.07, 6.45) is 22.4. The van der Waals surface area contributed by atoms with Crippen molar-refractivity contribution in [2.75, 3.05) is 46.2 Å². The highest BCUT2D eigenvalue weighted by Gasteiger charge is 2.62. The van der Waals surface area contributed by atoms with Crippen molar-refractivity contribution in [2.45, 2.75) is 154 Å². The zero-order chi connectivity index (χ0) is 31.0. The van der Waals surface area contributed by atoms with Crippen LogP contribution in [-0.2, 0) is 0 Å². The maximum Gasteiger partial charge on any atom is 0.0436 e. The van der Waals surface area contributed by atoms with Gasteiger partial charge in [-0.05, 0) is 80.0 Å². The Hall–Kier alpha value is -0.280. The molecule has 42 heavy (non-hydrogen) atoms. The van der Waals surface area contributed by atoms with Crippen LogP contribution in [0.5, 0.6) is 0 Å². The summed E-state index contributed by atoms with van der Waals surface area (Å²) in [5, 5.41) is 73.8. The summed E-state index contributed by atoms with van der Waals surface area (Å²) >= 11 is 0. The number of aliphatic hydroxyl groups is 7. The van der Waals surface area contributed by atoms with E-state index in [2.05, 4.69) is 0 Å². The molecule has 0 bridgehead atoms. The van der Waals surface area contributed by atoms with E-state index in [4.69, 9.17) is 0 Å². The minimum atomic E-state index is -0.751. The molecule has 7 nitrogen and oxygen atoms in total. The molecule has 7 N–H and O–H groups in total. The van der Waals surface area contributed by atoms with Crippen LogP contribution in [0.25, 0.3) is 0 Å². The predicted molar refractivity (Wildman–Crippen MR) is 171 cm³/mol. The largest absolute Gasteiger partial charge is 0.396 e. The third kappa shape index (κ3) is 11.6. The van der Waals surface area contributed by atoms with Crippen LogP contribution in [-0.4, -0.2) is 82.0 Å². The lowest BCUT2D eigenvalue weighted by atomic mass is 9.40. The van der Waals surface area contributed by atoms with E-state index < -0.39 is 16.2 Å². The number of aliphatic hydroxyl groups excluding tert-OH is 7. The normalized spacial score (nSPS) is 23.6. The average molecular weight is 603 g/mol. The van der Waals surface area contributed by atoms with Crippen LogP contribution in [0.1, 0.15) is 154 Å². The Morgan fingerprint density at radius 1 is 0.381 bits per heavy atom. The van der Waals surface area contributed by atoms with Crippen LogP contribution in [0, 0.1) is 22.2 Å². The van der Waals surface area contributed by atoms with Crippen LogP contribution in [0.3, 0.4) is 0 Å². The van der Waals surface area contributed by atoms with Crippen LogP contribution in [0.2, 0.25) is 0 Å². The van der Waals surface area contributed by atoms with E-state index in [-0.39, 0.29) is 52.2 Å². The Balaban J connectivity index is 3.73. The zero-order valence-electron chi connectivity index (χ0n) is 27.1. The second-order valence-corrected chi connectivity index (χ2v) is 13.4. The molecule has 0 saturated heterocycles. The Labute approximate surface area is 258 Å². The van der Waals surface area contributed by atoms with Gasteiger partial charge in [0, 0.05) is 46.2 Å². The minimum absolute atomic E-state index is 0.00932. The average Bonchev–Trinajstić information content (AvgIpc) is 2.97. The molecule has 0 aromatic rings. The molecule has 0 heterocycles. The van der Waals surface area contributed by atoms with Crippen molar-refractivity contribution in [1.29, 1.82) is 0 Å². The van der Waals surface area contributed by atoms with Crippen molar-refractivity contribution in [3.63, 3.8) is 0 Å². The van der Waals surface area contributed by atoms with E-state index in [1.165, 1.54) is 64.2 Å². The highest BCUT2D eigenvalue weighted by molar-refractivity contribution is 5.10. The van der Waals surface area contributed by atoms with Crippen LogP contribution >= 0.6 is 0 Å². The molecule has 0 aromatic carbocycles. The first-order chi connectivity index (χ1) is 20.5. The van der Waals surface area contributed by atoms with Crippen LogP contribution in [0.15, 0.2) is 0 Å². The monoisotopic (exact) mass is 603 g/mol. The number of hydrogen-bond donors (Lipinski definition) is 7. The molecule has 7 heteroatoms. The topological polar surface area (TPSA) is 142 Å². The molecule has 1 unspecified atom stereocenters. The molecule has 252 valence electrons. The summed E-state index contributed by atoms with van der Waals surface area (Å²) in [6.45, 7) is -0.602. The molecule has 1 rings (SSSR count). The van der Waals surface area contributed by atoms with Crippen molar-refractivity contribution >= 4 is 0 Å². The van der Waals surface area contributed by atoms with Gasteiger partial charge in [0.15, 0.2) is 0 Å². The molecule has 0 radical (unpaired) electrons. The third-order valence-electron chi connectivity index (χ3n) is 11.3. The predicted octanol–water partition coefficient (Wildman–Crippen LogP) is 5.88. The van der Waals surface area contributed by atoms with Gasteiger partial charge in [0.1, 0.15) is 0 Å². The standard InChI is InChI=1S/C35H70O7/c36-25-17-32-16-14-12-10-8-6-4-2-1-3-5-7-9-11-13-15-18-33(19-26-37,20-27-38)35(23-30-41,24-31-42)34(32,21-28-39)22-29-40/h32,36-42H,1-31H2. The van der Waals surface area contributed by atoms with E-state index in [9.17, 15) is 35.7 Å². The SMILES string of the molecule is OCCC1CCCCCCCCCCCCCCCCCC(CCO)(CCO)C(CCO)(CCO)C1(CCO)CCO. The molecule has 0 aliphatic heterocycles. The van der Waals surface area contributed by atoms with Gasteiger partial charge in [-0.3, -0.25) is 0 Å². The molecule has 0 aromatic heterocycles. The Morgan fingerprint density at radius 2 is 0.738 bits per heavy atom. The van der Waals surface area contributed by atoms with Gasteiger partial charge in [0.05, 0.1) is 0 Å². The summed E-state index contributed by atoms with van der Waals surface area (Å²) in [5.41, 5.74) is -2.04. The molecule has 1 saturated carbocycles. The minimum Gasteiger partial charge on any atom is -0.396 e. The van der Waals surface area contributed by atoms with Crippen molar-refractivity contribution in [2.24, 2.45) is 22.2 Å². The Bertz CT molecular complexity index is 596. The number of rotatable bonds is 14. The lowest BCUT2D eigenvalue weighted by Gasteiger charge is -2.64. The van der Waals surface area contributed by atoms with Gasteiger partial charge in [-0.2, -0.15) is 0 Å². The summed E-state index contributed by atoms with van der Waals surface area (Å²) < 4.78 is 0. The van der Waals surface area contributed by atoms with E-state index in [0.717, 1.165) is 44.9 Å². The molecule has 0 amide bonds. The van der Waals surface area contributed by atoms with Crippen molar-refractivity contribution in [1.82, 2.24) is 0 Å². The molecular formula is C35H70O7. The zero-order valence-corrected chi connectivity index (χ0v) is 27.1. The van der Waals surface area contributed by atoms with Gasteiger partial charge >= 0.3 is 0 Å². The third-order valence-corrected chi connectivity index (χ3v) is 11.3. The maximum atomic E-state index is 10.7. The first-order valence-electron chi connectivity index (χ1n) is 17.8. The van der Waals surface area contributed by atoms with Gasteiger partial charge in [-0.1, -0.05) is 96.3 Å². The van der Waals surface area contributed by atoms with Gasteiger partial charge in [-0.25, -0.2) is 0 Å². The summed E-state index contributed by atoms with van der Waals surface area (Å²) in [5.74, 6) is -0.0363. The van der Waals surface area contributed by atoms with Gasteiger partial charge in [0.2, 0.25) is 0 Å². The molecular weight excluding hydrogens is 532 g/mol. The van der Waals surface area contributed by atoms with Crippen LogP contribution in [0.4, 0.5) is 0 Å². The second-order valence-electron chi connectivity index (χ2n) is 13.4. The number of hydrogen-bond acceptors (Lipinski definition) is 7. The van der Waals surface area contributed by atoms with Gasteiger partial charge in [-0.15, -0.1) is 0 Å². The fourth-order valence-electron chi connectivity index (χ4n) is 9.39. The van der Waals surface area contributed by atoms with Crippen molar-refractivity contribution in [3.8, 4) is 0 Å². The fraction of sp³-hybridized carbons (Fsp3) is 1.00. The fourth-order valence-corrected chi connectivity index (χ4v) is 9.39. The quantitative estimate of drug-likeness (QED) is 0.132. The maximum absolute atomic E-state index is 10.7. The molecule has 1 fully saturated rings. The highest BCUT2D eigenvalue weighted by atomic mass is 16.3. The summed E-state index contributed by atoms with van der Waals surface area (Å²) in [6, 6.07) is 0. The van der Waals surface area contributed by atoms with Crippen molar-refractivity contribution in [3.05, 3.63) is 0 Å². The molecule has 1 atom stereocenters. The summed E-state index contributed by atoms with van der Waals surface area (Å²) in [7, 11) is 0. The first-order valence-corrected chi connectivity index (χ1v) is 17.8. The van der Waals surface area contributed by atoms with Gasteiger partial charge < -0.3 is 35.7 Å². The van der Waals surface area contributed by atoms with Crippen molar-refractivity contribution < 1.29 is 35.7 Å². The Kier molecular flexibility index (Phi) is 22.7. The van der Waals surface area contributed by atoms with Gasteiger partial charge in [0.25, 0.3) is 0 Å². The van der Waals surface area contributed by atoms with E-state index in [1.54, 1.807) is 0 Å². The van der Waals surface area contributed by atoms with E-state index in [1.807, 2.05) is 0 Å². The second kappa shape index (κ2) is 24.0. The lowest BCUT2D eigenvalue weighted by Crippen LogP contribution is -2.59. The van der Waals surface area contributed by atoms with E-state index in [0.29, 0.717) is 44.9 Å². The van der Waals surface area contributed by atoms with Crippen LogP contribution < -0.4 is 0 Å². The Morgan fingerprint density at radius 3 is 1.10 bits per heavy atom. The highest BCUT2D eigenvalue weighted by Crippen LogP contribution is 2.67. The summed E-state index contributed by atoms with van der Waals surface area (Å²) in [4.78, 5) is 0. The molecule has 0 spiro atoms. The molecule has 1 aliphatic rings. The molecule has 1 aliphatic carbocycles. The van der Waals surface area contributed by atoms with E-state index >= 15 is 0 Å². The lowest BCUT2D eigenvalue weighted by molar-refractivity contribution is -0.183. The smallest absolute Gasteiger partial charge is 0.0436 e. The first kappa shape index (κ1) is 39.7.